The van der Waals surface area contributed by atoms with E-state index >= 15 is 0 Å². The monoisotopic (exact) mass is 343 g/mol. The largest absolute Gasteiger partial charge is 0.379 e. The summed E-state index contributed by atoms with van der Waals surface area (Å²) in [5.74, 6) is -0.727. The Labute approximate surface area is 141 Å². The second-order valence-corrected chi connectivity index (χ2v) is 6.15. The van der Waals surface area contributed by atoms with Crippen LogP contribution in [0.3, 0.4) is 0 Å². The summed E-state index contributed by atoms with van der Waals surface area (Å²) in [7, 11) is 3.46. The van der Waals surface area contributed by atoms with Crippen molar-refractivity contribution in [1.82, 2.24) is 15.1 Å². The van der Waals surface area contributed by atoms with Crippen LogP contribution >= 0.6 is 11.6 Å². The van der Waals surface area contributed by atoms with Gasteiger partial charge in [0, 0.05) is 36.8 Å². The zero-order valence-corrected chi connectivity index (χ0v) is 14.3. The van der Waals surface area contributed by atoms with E-state index in [1.165, 1.54) is 12.1 Å². The molecule has 0 aliphatic carbocycles. The second-order valence-electron chi connectivity index (χ2n) is 5.75. The minimum absolute atomic E-state index is 0.211. The summed E-state index contributed by atoms with van der Waals surface area (Å²) in [6.07, 6.45) is 0. The van der Waals surface area contributed by atoms with Crippen molar-refractivity contribution in [1.29, 1.82) is 0 Å². The van der Waals surface area contributed by atoms with Crippen LogP contribution in [0.4, 0.5) is 4.39 Å². The predicted octanol–water partition coefficient (Wildman–Crippen LogP) is 1.53. The van der Waals surface area contributed by atoms with E-state index in [2.05, 4.69) is 10.2 Å². The number of halogens is 2. The van der Waals surface area contributed by atoms with Crippen LogP contribution < -0.4 is 5.32 Å². The molecule has 0 radical (unpaired) electrons. The Kier molecular flexibility index (Phi) is 6.77. The minimum atomic E-state index is -0.756. The van der Waals surface area contributed by atoms with Gasteiger partial charge in [-0.15, -0.1) is 0 Å². The van der Waals surface area contributed by atoms with Crippen LogP contribution in [0, 0.1) is 5.82 Å². The Bertz CT molecular complexity index is 516. The average Bonchev–Trinajstić information content (AvgIpc) is 2.51. The van der Waals surface area contributed by atoms with Gasteiger partial charge < -0.3 is 10.1 Å². The molecule has 1 aromatic rings. The number of ether oxygens (including phenoxy) is 1. The van der Waals surface area contributed by atoms with E-state index in [9.17, 15) is 9.18 Å². The van der Waals surface area contributed by atoms with E-state index in [1.54, 1.807) is 25.1 Å². The van der Waals surface area contributed by atoms with Crippen LogP contribution in [0.1, 0.15) is 11.6 Å². The molecule has 0 aromatic heterocycles. The SMILES string of the molecule is CN(C)C(C(=O)NCCN1CCOCC1)c1c(F)cccc1Cl. The topological polar surface area (TPSA) is 44.8 Å². The maximum atomic E-state index is 14.1. The number of likely N-dealkylation sites (N-methyl/N-ethyl adjacent to an activating group) is 1. The summed E-state index contributed by atoms with van der Waals surface area (Å²) in [4.78, 5) is 16.4. The molecule has 1 N–H and O–H groups in total. The lowest BCUT2D eigenvalue weighted by molar-refractivity contribution is -0.126. The van der Waals surface area contributed by atoms with Gasteiger partial charge in [0.05, 0.1) is 13.2 Å². The van der Waals surface area contributed by atoms with Gasteiger partial charge >= 0.3 is 0 Å². The highest BCUT2D eigenvalue weighted by Crippen LogP contribution is 2.28. The smallest absolute Gasteiger partial charge is 0.242 e. The highest BCUT2D eigenvalue weighted by molar-refractivity contribution is 6.31. The van der Waals surface area contributed by atoms with E-state index in [0.29, 0.717) is 6.54 Å². The quantitative estimate of drug-likeness (QED) is 0.851. The summed E-state index contributed by atoms with van der Waals surface area (Å²) in [6.45, 7) is 4.44. The van der Waals surface area contributed by atoms with Gasteiger partial charge in [0.25, 0.3) is 0 Å². The lowest BCUT2D eigenvalue weighted by atomic mass is 10.0. The second kappa shape index (κ2) is 8.59. The molecule has 7 heteroatoms. The number of nitrogens with zero attached hydrogens (tertiary/aromatic N) is 2. The Morgan fingerprint density at radius 3 is 2.74 bits per heavy atom. The number of benzene rings is 1. The number of hydrogen-bond acceptors (Lipinski definition) is 4. The number of nitrogens with one attached hydrogen (secondary N) is 1. The zero-order valence-electron chi connectivity index (χ0n) is 13.5. The lowest BCUT2D eigenvalue weighted by Crippen LogP contribution is -2.44. The summed E-state index contributed by atoms with van der Waals surface area (Å²) < 4.78 is 19.4. The molecular formula is C16H23ClFN3O2. The molecular weight excluding hydrogens is 321 g/mol. The van der Waals surface area contributed by atoms with Crippen LogP contribution in [0.25, 0.3) is 0 Å². The molecule has 2 rings (SSSR count). The fourth-order valence-electron chi connectivity index (χ4n) is 2.65. The number of amides is 1. The molecule has 1 atom stereocenters. The fourth-order valence-corrected chi connectivity index (χ4v) is 2.92. The van der Waals surface area contributed by atoms with E-state index in [1.807, 2.05) is 0 Å². The van der Waals surface area contributed by atoms with E-state index in [-0.39, 0.29) is 16.5 Å². The van der Waals surface area contributed by atoms with Gasteiger partial charge in [-0.05, 0) is 26.2 Å². The van der Waals surface area contributed by atoms with Crippen molar-refractivity contribution in [3.05, 3.63) is 34.6 Å². The first-order valence-corrected chi connectivity index (χ1v) is 8.06. The van der Waals surface area contributed by atoms with Crippen LogP contribution in [-0.4, -0.2) is 69.2 Å². The highest BCUT2D eigenvalue weighted by Gasteiger charge is 2.28. The van der Waals surface area contributed by atoms with Crippen molar-refractivity contribution < 1.29 is 13.9 Å². The Morgan fingerprint density at radius 1 is 1.43 bits per heavy atom. The van der Waals surface area contributed by atoms with Crippen LogP contribution in [0.15, 0.2) is 18.2 Å². The predicted molar refractivity (Wildman–Crippen MR) is 88.1 cm³/mol. The van der Waals surface area contributed by atoms with Crippen LogP contribution in [0.2, 0.25) is 5.02 Å². The normalized spacial score (nSPS) is 17.3. The number of carbonyl (C=O) groups excluding carboxylic acids is 1. The molecule has 5 nitrogen and oxygen atoms in total. The van der Waals surface area contributed by atoms with Crippen molar-refractivity contribution in [2.75, 3.05) is 53.5 Å². The van der Waals surface area contributed by atoms with Crippen LogP contribution in [-0.2, 0) is 9.53 Å². The standard InChI is InChI=1S/C16H23ClFN3O2/c1-20(2)15(14-12(17)4-3-5-13(14)18)16(22)19-6-7-21-8-10-23-11-9-21/h3-5,15H,6-11H2,1-2H3,(H,19,22). The van der Waals surface area contributed by atoms with Gasteiger partial charge in [-0.25, -0.2) is 4.39 Å². The molecule has 1 heterocycles. The average molecular weight is 344 g/mol. The van der Waals surface area contributed by atoms with Gasteiger partial charge in [0.1, 0.15) is 11.9 Å². The van der Waals surface area contributed by atoms with Crippen molar-refractivity contribution >= 4 is 17.5 Å². The molecule has 128 valence electrons. The zero-order chi connectivity index (χ0) is 16.8. The molecule has 0 saturated carbocycles. The molecule has 1 aliphatic heterocycles. The van der Waals surface area contributed by atoms with Crippen LogP contribution in [0.5, 0.6) is 0 Å². The lowest BCUT2D eigenvalue weighted by Gasteiger charge is -2.28. The summed E-state index contributed by atoms with van der Waals surface area (Å²) >= 11 is 6.10. The first kappa shape index (κ1) is 18.1. The van der Waals surface area contributed by atoms with Gasteiger partial charge in [-0.2, -0.15) is 0 Å². The van der Waals surface area contributed by atoms with Crippen molar-refractivity contribution in [2.45, 2.75) is 6.04 Å². The molecule has 1 unspecified atom stereocenters. The summed E-state index contributed by atoms with van der Waals surface area (Å²) in [6, 6.07) is 3.69. The Morgan fingerprint density at radius 2 is 2.13 bits per heavy atom. The van der Waals surface area contributed by atoms with Crippen molar-refractivity contribution in [3.63, 3.8) is 0 Å². The fraction of sp³-hybridized carbons (Fsp3) is 0.562. The minimum Gasteiger partial charge on any atom is -0.379 e. The van der Waals surface area contributed by atoms with Gasteiger partial charge in [-0.1, -0.05) is 17.7 Å². The molecule has 0 bridgehead atoms. The Balaban J connectivity index is 1.98. The molecule has 1 aromatic carbocycles. The highest BCUT2D eigenvalue weighted by atomic mass is 35.5. The maximum Gasteiger partial charge on any atom is 0.242 e. The summed E-state index contributed by atoms with van der Waals surface area (Å²) in [5, 5.41) is 3.13. The Hall–Kier alpha value is -1.21. The number of rotatable bonds is 6. The molecule has 1 fully saturated rings. The maximum absolute atomic E-state index is 14.1. The number of hydrogen-bond donors (Lipinski definition) is 1. The molecule has 23 heavy (non-hydrogen) atoms. The first-order valence-electron chi connectivity index (χ1n) is 7.69. The number of carbonyl (C=O) groups is 1. The van der Waals surface area contributed by atoms with Crippen molar-refractivity contribution in [2.24, 2.45) is 0 Å². The molecule has 1 saturated heterocycles. The van der Waals surface area contributed by atoms with E-state index < -0.39 is 11.9 Å². The first-order chi connectivity index (χ1) is 11.0. The molecule has 0 spiro atoms. The molecule has 1 amide bonds. The third kappa shape index (κ3) is 4.88. The van der Waals surface area contributed by atoms with Gasteiger partial charge in [0.15, 0.2) is 0 Å². The number of morpholine rings is 1. The molecule has 1 aliphatic rings. The van der Waals surface area contributed by atoms with E-state index in [0.717, 1.165) is 32.8 Å². The summed E-state index contributed by atoms with van der Waals surface area (Å²) in [5.41, 5.74) is 0.211. The van der Waals surface area contributed by atoms with Crippen molar-refractivity contribution in [3.8, 4) is 0 Å². The third-order valence-electron chi connectivity index (χ3n) is 3.87. The van der Waals surface area contributed by atoms with Gasteiger partial charge in [0.2, 0.25) is 5.91 Å². The van der Waals surface area contributed by atoms with E-state index in [4.69, 9.17) is 16.3 Å². The van der Waals surface area contributed by atoms with Gasteiger partial charge in [-0.3, -0.25) is 14.6 Å². The third-order valence-corrected chi connectivity index (χ3v) is 4.20.